The van der Waals surface area contributed by atoms with Crippen molar-refractivity contribution in [2.75, 3.05) is 13.6 Å². The number of carbonyl (C=O) groups is 1. The van der Waals surface area contributed by atoms with E-state index in [9.17, 15) is 18.0 Å². The van der Waals surface area contributed by atoms with Gasteiger partial charge in [0.25, 0.3) is 0 Å². The number of halogens is 3. The maximum absolute atomic E-state index is 11.9. The second-order valence-corrected chi connectivity index (χ2v) is 4.83. The molecule has 1 aromatic heterocycles. The summed E-state index contributed by atoms with van der Waals surface area (Å²) >= 11 is 1.43. The Morgan fingerprint density at radius 2 is 2.28 bits per heavy atom. The first-order valence-electron chi connectivity index (χ1n) is 5.22. The van der Waals surface area contributed by atoms with Crippen molar-refractivity contribution in [2.45, 2.75) is 25.7 Å². The fourth-order valence-corrected chi connectivity index (χ4v) is 1.90. The maximum atomic E-state index is 11.9. The third kappa shape index (κ3) is 5.01. The van der Waals surface area contributed by atoms with E-state index in [-0.39, 0.29) is 0 Å². The van der Waals surface area contributed by atoms with Gasteiger partial charge in [-0.05, 0) is 14.0 Å². The van der Waals surface area contributed by atoms with Crippen LogP contribution >= 0.6 is 11.3 Å². The number of likely N-dealkylation sites (N-methyl/N-ethyl adjacent to an activating group) is 1. The van der Waals surface area contributed by atoms with Crippen molar-refractivity contribution >= 4 is 17.2 Å². The quantitative estimate of drug-likeness (QED) is 0.892. The van der Waals surface area contributed by atoms with E-state index in [1.165, 1.54) is 11.3 Å². The van der Waals surface area contributed by atoms with Crippen LogP contribution in [0.1, 0.15) is 11.9 Å². The number of amides is 1. The van der Waals surface area contributed by atoms with Crippen molar-refractivity contribution in [3.05, 3.63) is 16.6 Å². The molecule has 102 valence electrons. The van der Waals surface area contributed by atoms with Crippen LogP contribution in [0.3, 0.4) is 0 Å². The van der Waals surface area contributed by atoms with Gasteiger partial charge in [-0.25, -0.2) is 4.98 Å². The van der Waals surface area contributed by atoms with Gasteiger partial charge in [0.1, 0.15) is 11.6 Å². The van der Waals surface area contributed by atoms with Gasteiger partial charge in [0.15, 0.2) is 0 Å². The monoisotopic (exact) mass is 281 g/mol. The Balaban J connectivity index is 2.43. The van der Waals surface area contributed by atoms with Crippen molar-refractivity contribution < 1.29 is 18.0 Å². The lowest BCUT2D eigenvalue weighted by atomic mass is 10.2. The summed E-state index contributed by atoms with van der Waals surface area (Å²) in [6, 6.07) is -0.642. The van der Waals surface area contributed by atoms with E-state index in [1.54, 1.807) is 30.4 Å². The Morgan fingerprint density at radius 3 is 2.78 bits per heavy atom. The van der Waals surface area contributed by atoms with Crippen LogP contribution in [0.4, 0.5) is 13.2 Å². The minimum Gasteiger partial charge on any atom is -0.346 e. The van der Waals surface area contributed by atoms with Gasteiger partial charge in [0.05, 0.1) is 12.6 Å². The first-order chi connectivity index (χ1) is 8.29. The third-order valence-electron chi connectivity index (χ3n) is 2.37. The molecule has 1 rings (SSSR count). The van der Waals surface area contributed by atoms with Gasteiger partial charge in [0.2, 0.25) is 5.91 Å². The minimum absolute atomic E-state index is 0.429. The normalized spacial score (nSPS) is 13.7. The molecule has 4 nitrogen and oxygen atoms in total. The largest absolute Gasteiger partial charge is 0.405 e. The molecular weight excluding hydrogens is 267 g/mol. The van der Waals surface area contributed by atoms with Gasteiger partial charge in [0, 0.05) is 11.6 Å². The standard InChI is InChI=1S/C10H14F3N3OS/c1-7(9(17)15-6-10(11,12)13)16(2)5-8-14-3-4-18-8/h3-4,7H,5-6H2,1-2H3,(H,15,17). The number of hydrogen-bond donors (Lipinski definition) is 1. The minimum atomic E-state index is -4.39. The molecule has 0 aliphatic carbocycles. The number of thiazole rings is 1. The summed E-state index contributed by atoms with van der Waals surface area (Å²) < 4.78 is 35.8. The average molecular weight is 281 g/mol. The molecule has 1 heterocycles. The number of nitrogens with one attached hydrogen (secondary N) is 1. The predicted molar refractivity (Wildman–Crippen MR) is 62.1 cm³/mol. The van der Waals surface area contributed by atoms with E-state index in [2.05, 4.69) is 4.98 Å². The molecule has 0 aliphatic rings. The summed E-state index contributed by atoms with van der Waals surface area (Å²) in [5, 5.41) is 4.48. The van der Waals surface area contributed by atoms with Crippen molar-refractivity contribution in [1.82, 2.24) is 15.2 Å². The van der Waals surface area contributed by atoms with Gasteiger partial charge < -0.3 is 5.32 Å². The Bertz CT molecular complexity index is 380. The molecule has 0 spiro atoms. The van der Waals surface area contributed by atoms with Gasteiger partial charge in [-0.1, -0.05) is 0 Å². The molecule has 8 heteroatoms. The molecule has 0 bridgehead atoms. The topological polar surface area (TPSA) is 45.2 Å². The lowest BCUT2D eigenvalue weighted by Crippen LogP contribution is -2.45. The second kappa shape index (κ2) is 6.14. The van der Waals surface area contributed by atoms with E-state index in [4.69, 9.17) is 0 Å². The van der Waals surface area contributed by atoms with Crippen LogP contribution in [0.5, 0.6) is 0 Å². The summed E-state index contributed by atoms with van der Waals surface area (Å²) in [5.74, 6) is -0.647. The van der Waals surface area contributed by atoms with E-state index in [0.29, 0.717) is 6.54 Å². The number of alkyl halides is 3. The van der Waals surface area contributed by atoms with Gasteiger partial charge >= 0.3 is 6.18 Å². The molecular formula is C10H14F3N3OS. The second-order valence-electron chi connectivity index (χ2n) is 3.85. The molecule has 0 aromatic carbocycles. The van der Waals surface area contributed by atoms with E-state index in [0.717, 1.165) is 5.01 Å². The number of aromatic nitrogens is 1. The molecule has 1 N–H and O–H groups in total. The first kappa shape index (κ1) is 14.9. The zero-order chi connectivity index (χ0) is 13.8. The zero-order valence-electron chi connectivity index (χ0n) is 9.99. The molecule has 1 unspecified atom stereocenters. The molecule has 0 saturated heterocycles. The van der Waals surface area contributed by atoms with Crippen molar-refractivity contribution in [3.8, 4) is 0 Å². The Morgan fingerprint density at radius 1 is 1.61 bits per heavy atom. The van der Waals surface area contributed by atoms with Crippen LogP contribution in [0.15, 0.2) is 11.6 Å². The highest BCUT2D eigenvalue weighted by Gasteiger charge is 2.29. The Hall–Kier alpha value is -1.15. The molecule has 0 saturated carbocycles. The van der Waals surface area contributed by atoms with Crippen LogP contribution in [0.25, 0.3) is 0 Å². The summed E-state index contributed by atoms with van der Waals surface area (Å²) in [6.45, 7) is 0.679. The molecule has 1 atom stereocenters. The highest BCUT2D eigenvalue weighted by Crippen LogP contribution is 2.13. The smallest absolute Gasteiger partial charge is 0.346 e. The molecule has 0 fully saturated rings. The van der Waals surface area contributed by atoms with E-state index < -0.39 is 24.7 Å². The SMILES string of the molecule is CC(C(=O)NCC(F)(F)F)N(C)Cc1nccs1. The van der Waals surface area contributed by atoms with Gasteiger partial charge in [-0.15, -0.1) is 11.3 Å². The average Bonchev–Trinajstić information content (AvgIpc) is 2.76. The number of rotatable bonds is 5. The number of hydrogen-bond acceptors (Lipinski definition) is 4. The maximum Gasteiger partial charge on any atom is 0.405 e. The van der Waals surface area contributed by atoms with Crippen LogP contribution < -0.4 is 5.32 Å². The molecule has 18 heavy (non-hydrogen) atoms. The van der Waals surface area contributed by atoms with Crippen LogP contribution in [0, 0.1) is 0 Å². The summed E-state index contributed by atoms with van der Waals surface area (Å²) in [5.41, 5.74) is 0. The number of carbonyl (C=O) groups excluding carboxylic acids is 1. The van der Waals surface area contributed by atoms with Crippen molar-refractivity contribution in [2.24, 2.45) is 0 Å². The van der Waals surface area contributed by atoms with E-state index in [1.807, 2.05) is 5.32 Å². The fourth-order valence-electron chi connectivity index (χ4n) is 1.22. The van der Waals surface area contributed by atoms with Crippen molar-refractivity contribution in [1.29, 1.82) is 0 Å². The lowest BCUT2D eigenvalue weighted by Gasteiger charge is -2.23. The molecule has 0 radical (unpaired) electrons. The highest BCUT2D eigenvalue weighted by atomic mass is 32.1. The van der Waals surface area contributed by atoms with E-state index >= 15 is 0 Å². The molecule has 0 aliphatic heterocycles. The lowest BCUT2D eigenvalue weighted by molar-refractivity contribution is -0.141. The summed E-state index contributed by atoms with van der Waals surface area (Å²) in [6.07, 6.45) is -2.74. The zero-order valence-corrected chi connectivity index (χ0v) is 10.8. The Kier molecular flexibility index (Phi) is 5.09. The van der Waals surface area contributed by atoms with Crippen LogP contribution in [-0.4, -0.2) is 41.6 Å². The Labute approximate surface area is 107 Å². The third-order valence-corrected chi connectivity index (χ3v) is 3.14. The van der Waals surface area contributed by atoms with Gasteiger partial charge in [-0.2, -0.15) is 13.2 Å². The summed E-state index contributed by atoms with van der Waals surface area (Å²) in [4.78, 5) is 17.2. The first-order valence-corrected chi connectivity index (χ1v) is 6.10. The van der Waals surface area contributed by atoms with Crippen LogP contribution in [0.2, 0.25) is 0 Å². The van der Waals surface area contributed by atoms with Crippen LogP contribution in [-0.2, 0) is 11.3 Å². The number of nitrogens with zero attached hydrogens (tertiary/aromatic N) is 2. The predicted octanol–water partition coefficient (Wildman–Crippen LogP) is 1.64. The molecule has 1 aromatic rings. The van der Waals surface area contributed by atoms with Gasteiger partial charge in [-0.3, -0.25) is 9.69 Å². The fraction of sp³-hybridized carbons (Fsp3) is 0.600. The summed E-state index contributed by atoms with van der Waals surface area (Å²) in [7, 11) is 1.67. The highest BCUT2D eigenvalue weighted by molar-refractivity contribution is 7.09. The molecule has 1 amide bonds. The van der Waals surface area contributed by atoms with Crippen molar-refractivity contribution in [3.63, 3.8) is 0 Å².